The minimum Gasteiger partial charge on any atom is -0.481 e. The van der Waals surface area contributed by atoms with Gasteiger partial charge in [-0.3, -0.25) is 19.2 Å². The van der Waals surface area contributed by atoms with Gasteiger partial charge < -0.3 is 29.9 Å². The molecule has 50 heavy (non-hydrogen) atoms. The summed E-state index contributed by atoms with van der Waals surface area (Å²) < 4.78 is 10.5. The van der Waals surface area contributed by atoms with Crippen molar-refractivity contribution in [2.45, 2.75) is 206 Å². The van der Waals surface area contributed by atoms with Crippen LogP contribution >= 0.6 is 0 Å². The average Bonchev–Trinajstić information content (AvgIpc) is 3.05. The standard InChI is InChI=1S/2C20H36O5/c1-3-4-11-15-19(25-17(2)21)18(22)14-12-9-7-5-6-8-10-13-16-20(23)24;1-3-4-11-14-18(22)19(25-17(2)21)15-12-9-7-5-6-8-10-13-16-20(23)24/h2*9,12,18-19,22H,3-8,10-11,13-16H2,1-2H3,(H,23,24). The van der Waals surface area contributed by atoms with Crippen molar-refractivity contribution < 1.29 is 49.1 Å². The first kappa shape index (κ1) is 49.4. The van der Waals surface area contributed by atoms with Gasteiger partial charge in [0.1, 0.15) is 12.2 Å². The summed E-state index contributed by atoms with van der Waals surface area (Å²) in [7, 11) is 0. The normalized spacial score (nSPS) is 13.7. The van der Waals surface area contributed by atoms with Gasteiger partial charge in [0, 0.05) is 33.1 Å². The van der Waals surface area contributed by atoms with E-state index in [9.17, 15) is 29.4 Å². The quantitative estimate of drug-likeness (QED) is 0.0300. The summed E-state index contributed by atoms with van der Waals surface area (Å²) in [4.78, 5) is 43.1. The second-order valence-corrected chi connectivity index (χ2v) is 13.2. The van der Waals surface area contributed by atoms with Crippen LogP contribution in [0.1, 0.15) is 182 Å². The predicted molar refractivity (Wildman–Crippen MR) is 199 cm³/mol. The molecule has 292 valence electrons. The maximum atomic E-state index is 11.2. The number of carboxylic acids is 2. The van der Waals surface area contributed by atoms with E-state index < -0.39 is 36.4 Å². The Hall–Kier alpha value is -2.72. The van der Waals surface area contributed by atoms with E-state index in [1.54, 1.807) is 0 Å². The fourth-order valence-corrected chi connectivity index (χ4v) is 5.42. The molecule has 0 aromatic rings. The minimum atomic E-state index is -0.720. The lowest BCUT2D eigenvalue weighted by Gasteiger charge is -2.21. The Morgan fingerprint density at radius 3 is 1.38 bits per heavy atom. The Labute approximate surface area is 303 Å². The molecule has 0 saturated heterocycles. The number of hydrogen-bond acceptors (Lipinski definition) is 8. The molecule has 0 spiro atoms. The summed E-state index contributed by atoms with van der Waals surface area (Å²) in [5, 5.41) is 37.5. The number of allylic oxidation sites excluding steroid dienone is 2. The largest absolute Gasteiger partial charge is 0.481 e. The zero-order valence-corrected chi connectivity index (χ0v) is 31.8. The van der Waals surface area contributed by atoms with Crippen LogP contribution in [0.25, 0.3) is 0 Å². The fraction of sp³-hybridized carbons (Fsp3) is 0.800. The number of aliphatic hydroxyl groups excluding tert-OH is 2. The average molecular weight is 713 g/mol. The number of carbonyl (C=O) groups is 4. The molecular weight excluding hydrogens is 640 g/mol. The SMILES string of the molecule is CCCCCC(O)C(CC=CCCCCCCCC(=O)O)OC(C)=O.CCCCCC(OC(C)=O)C(O)CC=CCCCCCCCC(=O)O. The smallest absolute Gasteiger partial charge is 0.303 e. The van der Waals surface area contributed by atoms with Gasteiger partial charge in [-0.1, -0.05) is 109 Å². The van der Waals surface area contributed by atoms with Crippen LogP contribution in [-0.2, 0) is 28.7 Å². The van der Waals surface area contributed by atoms with E-state index in [1.165, 1.54) is 13.8 Å². The minimum absolute atomic E-state index is 0.262. The molecule has 0 bridgehead atoms. The topological polar surface area (TPSA) is 168 Å². The first-order valence-electron chi connectivity index (χ1n) is 19.4. The first-order chi connectivity index (χ1) is 23.9. The highest BCUT2D eigenvalue weighted by molar-refractivity contribution is 5.67. The molecule has 0 saturated carbocycles. The van der Waals surface area contributed by atoms with Gasteiger partial charge in [0.25, 0.3) is 0 Å². The number of rotatable bonds is 32. The van der Waals surface area contributed by atoms with Crippen LogP contribution < -0.4 is 0 Å². The number of carbonyl (C=O) groups excluding carboxylic acids is 2. The van der Waals surface area contributed by atoms with Crippen LogP contribution in [0.15, 0.2) is 24.3 Å². The van der Waals surface area contributed by atoms with Crippen molar-refractivity contribution >= 4 is 23.9 Å². The maximum absolute atomic E-state index is 11.2. The van der Waals surface area contributed by atoms with Gasteiger partial charge in [-0.2, -0.15) is 0 Å². The van der Waals surface area contributed by atoms with Gasteiger partial charge in [-0.25, -0.2) is 0 Å². The van der Waals surface area contributed by atoms with Crippen LogP contribution in [-0.4, -0.2) is 68.7 Å². The van der Waals surface area contributed by atoms with Crippen LogP contribution in [0, 0.1) is 0 Å². The molecular formula is C40H72O10. The maximum Gasteiger partial charge on any atom is 0.303 e. The highest BCUT2D eigenvalue weighted by Gasteiger charge is 2.21. The number of carboxylic acid groups (broad SMARTS) is 2. The molecule has 10 nitrogen and oxygen atoms in total. The molecule has 0 aromatic carbocycles. The van der Waals surface area contributed by atoms with Crippen molar-refractivity contribution in [2.24, 2.45) is 0 Å². The Morgan fingerprint density at radius 2 is 0.920 bits per heavy atom. The fourth-order valence-electron chi connectivity index (χ4n) is 5.42. The zero-order chi connectivity index (χ0) is 37.8. The van der Waals surface area contributed by atoms with Crippen molar-refractivity contribution in [2.75, 3.05) is 0 Å². The monoisotopic (exact) mass is 713 g/mol. The number of aliphatic carboxylic acids is 2. The van der Waals surface area contributed by atoms with Crippen molar-refractivity contribution in [1.82, 2.24) is 0 Å². The summed E-state index contributed by atoms with van der Waals surface area (Å²) in [6.07, 6.45) is 27.0. The van der Waals surface area contributed by atoms with Gasteiger partial charge in [-0.05, 0) is 64.2 Å². The Kier molecular flexibility index (Phi) is 35.6. The lowest BCUT2D eigenvalue weighted by atomic mass is 10.0. The highest BCUT2D eigenvalue weighted by atomic mass is 16.6. The molecule has 0 heterocycles. The van der Waals surface area contributed by atoms with E-state index in [4.69, 9.17) is 19.7 Å². The second-order valence-electron chi connectivity index (χ2n) is 13.2. The van der Waals surface area contributed by atoms with Gasteiger partial charge in [0.15, 0.2) is 0 Å². The van der Waals surface area contributed by atoms with Crippen molar-refractivity contribution in [3.8, 4) is 0 Å². The summed E-state index contributed by atoms with van der Waals surface area (Å²) >= 11 is 0. The van der Waals surface area contributed by atoms with Gasteiger partial charge in [-0.15, -0.1) is 0 Å². The molecule has 4 unspecified atom stereocenters. The third-order valence-electron chi connectivity index (χ3n) is 8.29. The molecule has 4 N–H and O–H groups in total. The summed E-state index contributed by atoms with van der Waals surface area (Å²) in [5.74, 6) is -2.13. The van der Waals surface area contributed by atoms with E-state index in [0.717, 1.165) is 116 Å². The van der Waals surface area contributed by atoms with Crippen LogP contribution in [0.5, 0.6) is 0 Å². The van der Waals surface area contributed by atoms with E-state index in [1.807, 2.05) is 12.2 Å². The number of ether oxygens (including phenoxy) is 2. The lowest BCUT2D eigenvalue weighted by molar-refractivity contribution is -0.153. The third kappa shape index (κ3) is 36.6. The summed E-state index contributed by atoms with van der Waals surface area (Å²) in [6, 6.07) is 0. The Morgan fingerprint density at radius 1 is 0.500 bits per heavy atom. The molecule has 0 aliphatic rings. The second kappa shape index (κ2) is 36.1. The van der Waals surface area contributed by atoms with Crippen molar-refractivity contribution in [3.05, 3.63) is 24.3 Å². The number of esters is 2. The van der Waals surface area contributed by atoms with Crippen LogP contribution in [0.3, 0.4) is 0 Å². The molecule has 0 amide bonds. The van der Waals surface area contributed by atoms with E-state index in [2.05, 4.69) is 26.0 Å². The van der Waals surface area contributed by atoms with Crippen LogP contribution in [0.4, 0.5) is 0 Å². The third-order valence-corrected chi connectivity index (χ3v) is 8.29. The molecule has 10 heteroatoms. The van der Waals surface area contributed by atoms with Gasteiger partial charge in [0.05, 0.1) is 12.2 Å². The van der Waals surface area contributed by atoms with E-state index in [0.29, 0.717) is 25.7 Å². The molecule has 0 aliphatic heterocycles. The molecule has 0 aliphatic carbocycles. The predicted octanol–water partition coefficient (Wildman–Crippen LogP) is 9.24. The Bertz CT molecular complexity index is 901. The zero-order valence-electron chi connectivity index (χ0n) is 31.8. The van der Waals surface area contributed by atoms with Gasteiger partial charge >= 0.3 is 23.9 Å². The molecule has 0 rings (SSSR count). The van der Waals surface area contributed by atoms with Gasteiger partial charge in [0.2, 0.25) is 0 Å². The number of unbranched alkanes of at least 4 members (excludes halogenated alkanes) is 14. The van der Waals surface area contributed by atoms with Crippen molar-refractivity contribution in [3.63, 3.8) is 0 Å². The molecule has 0 radical (unpaired) electrons. The van der Waals surface area contributed by atoms with Crippen LogP contribution in [0.2, 0.25) is 0 Å². The molecule has 4 atom stereocenters. The first-order valence-corrected chi connectivity index (χ1v) is 19.4. The Balaban J connectivity index is 0. The van der Waals surface area contributed by atoms with Crippen molar-refractivity contribution in [1.29, 1.82) is 0 Å². The molecule has 0 fully saturated rings. The number of aliphatic hydroxyl groups is 2. The summed E-state index contributed by atoms with van der Waals surface area (Å²) in [6.45, 7) is 6.99. The van der Waals surface area contributed by atoms with E-state index in [-0.39, 0.29) is 24.8 Å². The lowest BCUT2D eigenvalue weighted by Crippen LogP contribution is -2.30. The van der Waals surface area contributed by atoms with E-state index >= 15 is 0 Å². The highest BCUT2D eigenvalue weighted by Crippen LogP contribution is 2.16. The number of hydrogen-bond donors (Lipinski definition) is 4. The summed E-state index contributed by atoms with van der Waals surface area (Å²) in [5.41, 5.74) is 0. The molecule has 0 aromatic heterocycles.